The molecule has 4 aromatic rings. The summed E-state index contributed by atoms with van der Waals surface area (Å²) < 4.78 is 9.36. The maximum absolute atomic E-state index is 14.3. The molecule has 6 N–H and O–H groups in total. The van der Waals surface area contributed by atoms with Crippen LogP contribution in [-0.4, -0.2) is 151 Å². The summed E-state index contributed by atoms with van der Waals surface area (Å²) in [6, 6.07) is 13.9. The number of hydrogen-bond acceptors (Lipinski definition) is 13. The van der Waals surface area contributed by atoms with E-state index >= 15 is 0 Å². The van der Waals surface area contributed by atoms with Crippen LogP contribution in [0.15, 0.2) is 73.1 Å². The number of ether oxygens (including phenoxy) is 1. The summed E-state index contributed by atoms with van der Waals surface area (Å²) in [7, 11) is 3.40. The average molecular weight is 1010 g/mol. The van der Waals surface area contributed by atoms with Gasteiger partial charge in [0.05, 0.1) is 62.9 Å². The molecule has 21 nitrogen and oxygen atoms in total. The Morgan fingerprint density at radius 2 is 0.973 bits per heavy atom. The maximum Gasteiger partial charge on any atom is 0.246 e. The highest BCUT2D eigenvalue weighted by Crippen LogP contribution is 2.34. The minimum Gasteiger partial charge on any atom is -0.378 e. The van der Waals surface area contributed by atoms with Gasteiger partial charge in [0.2, 0.25) is 35.4 Å². The molecule has 0 unspecified atom stereocenters. The SMILES string of the molecule is CN[C@@H](C)C(=O)N[C@H]1CCCC[C@H]2CC[C@@H](C(=O)N[C@@H](c3ccccc3)c3cn(CCOCCn4cc([C@@H](NC(=O)[C@@H]5CC[C@@H]6CCCC[C@H](NC(=O)[C@H](C)NC)C(=O)N65)c5ccccc5)nn4)nn3)N2C1=O. The Balaban J connectivity index is 0.868. The van der Waals surface area contributed by atoms with Crippen LogP contribution in [0.5, 0.6) is 0 Å². The summed E-state index contributed by atoms with van der Waals surface area (Å²) in [5.41, 5.74) is 2.68. The Morgan fingerprint density at radius 1 is 0.575 bits per heavy atom. The molecule has 0 radical (unpaired) electrons. The number of aromatic nitrogens is 6. The third-order valence-electron chi connectivity index (χ3n) is 15.0. The van der Waals surface area contributed by atoms with Crippen molar-refractivity contribution in [1.82, 2.24) is 71.7 Å². The van der Waals surface area contributed by atoms with Gasteiger partial charge < -0.3 is 46.4 Å². The normalized spacial score (nSPS) is 23.9. The largest absolute Gasteiger partial charge is 0.378 e. The second-order valence-corrected chi connectivity index (χ2v) is 19.8. The zero-order valence-electron chi connectivity index (χ0n) is 42.5. The van der Waals surface area contributed by atoms with Crippen molar-refractivity contribution in [3.63, 3.8) is 0 Å². The van der Waals surface area contributed by atoms with E-state index in [0.717, 1.165) is 49.7 Å². The van der Waals surface area contributed by atoms with Crippen LogP contribution in [0, 0.1) is 0 Å². The van der Waals surface area contributed by atoms with Crippen molar-refractivity contribution in [2.24, 2.45) is 0 Å². The van der Waals surface area contributed by atoms with Crippen LogP contribution in [-0.2, 0) is 46.6 Å². The van der Waals surface area contributed by atoms with Gasteiger partial charge in [-0.25, -0.2) is 9.36 Å². The van der Waals surface area contributed by atoms with Crippen molar-refractivity contribution >= 4 is 35.4 Å². The van der Waals surface area contributed by atoms with Gasteiger partial charge in [-0.05, 0) is 90.4 Å². The van der Waals surface area contributed by atoms with Crippen molar-refractivity contribution in [1.29, 1.82) is 0 Å². The number of benzene rings is 2. The third-order valence-corrected chi connectivity index (χ3v) is 15.0. The standard InChI is InChI=1S/C52H72N14O7/c1-33(53-3)47(67)55-39-21-13-11-19-37-23-25-43(65(37)51(39)71)49(69)57-45(35-15-7-5-8-16-35)41-31-63(61-59-41)27-29-73-30-28-64-32-42(60-62-64)46(36-17-9-6-10-18-36)58-50(70)44-26-24-38-20-12-14-22-40(52(72)66(38)44)56-48(68)34(2)54-4/h5-10,15-18,31-34,37-40,43-46,53-54H,11-14,19-30H2,1-4H3,(H,55,67)(H,56,68)(H,57,69)(H,58,70)/t33-,34-,37-,38-,39-,40-,43-,44-,45-,46-/m0/s1. The Kier molecular flexibility index (Phi) is 18.0. The first kappa shape index (κ1) is 52.7. The number of carbonyl (C=O) groups is 6. The number of carbonyl (C=O) groups excluding carboxylic acids is 6. The number of fused-ring (bicyclic) bond motifs is 2. The van der Waals surface area contributed by atoms with Crippen LogP contribution in [0.4, 0.5) is 0 Å². The summed E-state index contributed by atoms with van der Waals surface area (Å²) >= 11 is 0. The lowest BCUT2D eigenvalue weighted by Gasteiger charge is -2.36. The first-order valence-corrected chi connectivity index (χ1v) is 26.1. The first-order valence-electron chi connectivity index (χ1n) is 26.1. The predicted molar refractivity (Wildman–Crippen MR) is 269 cm³/mol. The average Bonchev–Trinajstić information content (AvgIpc) is 4.25. The molecule has 2 aromatic carbocycles. The topological polar surface area (TPSA) is 252 Å². The molecule has 4 aliphatic rings. The number of rotatable bonds is 20. The number of hydrogen-bond donors (Lipinski definition) is 6. The van der Waals surface area contributed by atoms with Gasteiger partial charge in [-0.15, -0.1) is 10.2 Å². The molecule has 2 aromatic heterocycles. The first-order chi connectivity index (χ1) is 35.4. The fourth-order valence-corrected chi connectivity index (χ4v) is 10.7. The molecule has 392 valence electrons. The highest BCUT2D eigenvalue weighted by Gasteiger charge is 2.46. The molecular formula is C52H72N14O7. The molecule has 4 aliphatic heterocycles. The van der Waals surface area contributed by atoms with Crippen LogP contribution >= 0.6 is 0 Å². The minimum atomic E-state index is -0.702. The molecule has 8 rings (SSSR count). The van der Waals surface area contributed by atoms with Gasteiger partial charge in [0, 0.05) is 12.1 Å². The summed E-state index contributed by atoms with van der Waals surface area (Å²) in [5.74, 6) is -1.50. The van der Waals surface area contributed by atoms with Crippen molar-refractivity contribution in [3.8, 4) is 0 Å². The van der Waals surface area contributed by atoms with Crippen molar-refractivity contribution < 1.29 is 33.5 Å². The molecule has 0 aliphatic carbocycles. The summed E-state index contributed by atoms with van der Waals surface area (Å²) in [6.45, 7) is 4.85. The lowest BCUT2D eigenvalue weighted by molar-refractivity contribution is -0.144. The number of likely N-dealkylation sites (N-methyl/N-ethyl adjacent to an activating group) is 2. The van der Waals surface area contributed by atoms with E-state index in [4.69, 9.17) is 4.74 Å². The highest BCUT2D eigenvalue weighted by atomic mass is 16.5. The van der Waals surface area contributed by atoms with Crippen molar-refractivity contribution in [3.05, 3.63) is 95.6 Å². The van der Waals surface area contributed by atoms with Crippen LogP contribution in [0.2, 0.25) is 0 Å². The van der Waals surface area contributed by atoms with E-state index in [1.54, 1.807) is 59.5 Å². The second kappa shape index (κ2) is 24.9. The van der Waals surface area contributed by atoms with Gasteiger partial charge in [0.25, 0.3) is 0 Å². The molecule has 0 spiro atoms. The number of amides is 6. The molecule has 4 fully saturated rings. The molecule has 10 atom stereocenters. The van der Waals surface area contributed by atoms with E-state index in [0.29, 0.717) is 76.2 Å². The molecule has 0 bridgehead atoms. The Labute approximate surface area is 426 Å². The van der Waals surface area contributed by atoms with Crippen molar-refractivity contribution in [2.45, 2.75) is 164 Å². The number of nitrogens with zero attached hydrogens (tertiary/aromatic N) is 8. The minimum absolute atomic E-state index is 0.0788. The van der Waals surface area contributed by atoms with Gasteiger partial charge in [0.15, 0.2) is 0 Å². The van der Waals surface area contributed by atoms with Crippen LogP contribution in [0.1, 0.15) is 125 Å². The third kappa shape index (κ3) is 12.8. The smallest absolute Gasteiger partial charge is 0.246 e. The van der Waals surface area contributed by atoms with E-state index in [1.165, 1.54) is 0 Å². The monoisotopic (exact) mass is 1000 g/mol. The van der Waals surface area contributed by atoms with E-state index in [-0.39, 0.29) is 47.5 Å². The zero-order chi connectivity index (χ0) is 51.4. The molecular weight excluding hydrogens is 933 g/mol. The lowest BCUT2D eigenvalue weighted by atomic mass is 9.98. The molecule has 0 saturated carbocycles. The highest BCUT2D eigenvalue weighted by molar-refractivity contribution is 5.95. The lowest BCUT2D eigenvalue weighted by Crippen LogP contribution is -2.58. The maximum atomic E-state index is 14.3. The predicted octanol–water partition coefficient (Wildman–Crippen LogP) is 2.05. The van der Waals surface area contributed by atoms with Gasteiger partial charge in [-0.3, -0.25) is 28.8 Å². The molecule has 4 saturated heterocycles. The van der Waals surface area contributed by atoms with Crippen LogP contribution in [0.3, 0.4) is 0 Å². The van der Waals surface area contributed by atoms with Crippen LogP contribution in [0.25, 0.3) is 0 Å². The van der Waals surface area contributed by atoms with E-state index in [1.807, 2.05) is 60.7 Å². The summed E-state index contributed by atoms with van der Waals surface area (Å²) in [6.07, 6.45) is 12.1. The zero-order valence-corrected chi connectivity index (χ0v) is 42.5. The Morgan fingerprint density at radius 3 is 1.37 bits per heavy atom. The fraction of sp³-hybridized carbons (Fsp3) is 0.577. The molecule has 21 heteroatoms. The van der Waals surface area contributed by atoms with Gasteiger partial charge in [0.1, 0.15) is 35.6 Å². The fourth-order valence-electron chi connectivity index (χ4n) is 10.7. The second-order valence-electron chi connectivity index (χ2n) is 19.8. The molecule has 73 heavy (non-hydrogen) atoms. The summed E-state index contributed by atoms with van der Waals surface area (Å²) in [4.78, 5) is 85.9. The van der Waals surface area contributed by atoms with E-state index in [2.05, 4.69) is 52.5 Å². The Hall–Kier alpha value is -6.58. The van der Waals surface area contributed by atoms with E-state index < -0.39 is 48.3 Å². The van der Waals surface area contributed by atoms with Gasteiger partial charge in [-0.1, -0.05) is 96.8 Å². The van der Waals surface area contributed by atoms with E-state index in [9.17, 15) is 28.8 Å². The Bertz CT molecular complexity index is 2340. The quantitative estimate of drug-likeness (QED) is 0.0695. The van der Waals surface area contributed by atoms with Crippen LogP contribution < -0.4 is 31.9 Å². The van der Waals surface area contributed by atoms with Gasteiger partial charge in [-0.2, -0.15) is 0 Å². The van der Waals surface area contributed by atoms with Gasteiger partial charge >= 0.3 is 0 Å². The number of nitrogens with one attached hydrogen (secondary N) is 6. The molecule has 6 amide bonds. The summed E-state index contributed by atoms with van der Waals surface area (Å²) in [5, 5.41) is 35.8. The van der Waals surface area contributed by atoms with Crippen molar-refractivity contribution in [2.75, 3.05) is 27.3 Å². The molecule has 6 heterocycles.